The Labute approximate surface area is 193 Å². The van der Waals surface area contributed by atoms with Crippen molar-refractivity contribution in [2.45, 2.75) is 32.4 Å². The van der Waals surface area contributed by atoms with Crippen molar-refractivity contribution in [2.24, 2.45) is 0 Å². The van der Waals surface area contributed by atoms with Crippen molar-refractivity contribution in [2.75, 3.05) is 36.9 Å². The monoisotopic (exact) mass is 446 g/mol. The summed E-state index contributed by atoms with van der Waals surface area (Å²) in [6.07, 6.45) is 11.1. The Bertz CT molecular complexity index is 1130. The van der Waals surface area contributed by atoms with Gasteiger partial charge in [0.2, 0.25) is 0 Å². The number of likely N-dealkylation sites (tertiary alicyclic amines) is 1. The zero-order valence-corrected chi connectivity index (χ0v) is 18.8. The SMILES string of the molecule is O=c1c(NC/C=C\COc2cccc(CN3CCCCC3)c2)c(NCc2cccnc2)c1=O. The molecule has 0 spiro atoms. The minimum Gasteiger partial charge on any atom is -0.490 e. The highest BCUT2D eigenvalue weighted by Gasteiger charge is 2.19. The zero-order valence-electron chi connectivity index (χ0n) is 18.8. The highest BCUT2D eigenvalue weighted by molar-refractivity contribution is 5.74. The van der Waals surface area contributed by atoms with Gasteiger partial charge in [-0.05, 0) is 61.3 Å². The molecular weight excluding hydrogens is 416 g/mol. The van der Waals surface area contributed by atoms with E-state index in [2.05, 4.69) is 32.7 Å². The van der Waals surface area contributed by atoms with Gasteiger partial charge in [-0.15, -0.1) is 0 Å². The lowest BCUT2D eigenvalue weighted by atomic mass is 10.1. The standard InChI is InChI=1S/C26H30N4O3/c31-25-23(24(26(25)32)29-18-21-9-7-11-27-17-21)28-12-2-5-15-33-22-10-6-8-20(16-22)19-30-13-3-1-4-14-30/h2,5-11,16-17,28-29H,1,3-4,12-15,18-19H2/b5-2-. The number of nitrogens with zero attached hydrogens (tertiary/aromatic N) is 2. The summed E-state index contributed by atoms with van der Waals surface area (Å²) in [6.45, 7) is 4.62. The normalized spacial score (nSPS) is 14.5. The van der Waals surface area contributed by atoms with E-state index in [1.807, 2.05) is 36.4 Å². The number of pyridine rings is 1. The second-order valence-electron chi connectivity index (χ2n) is 8.27. The van der Waals surface area contributed by atoms with E-state index < -0.39 is 10.9 Å². The van der Waals surface area contributed by atoms with Crippen LogP contribution in [0.15, 0.2) is 70.5 Å². The first-order chi connectivity index (χ1) is 16.2. The first kappa shape index (κ1) is 22.7. The van der Waals surface area contributed by atoms with E-state index in [1.54, 1.807) is 12.4 Å². The van der Waals surface area contributed by atoms with E-state index >= 15 is 0 Å². The number of anilines is 2. The van der Waals surface area contributed by atoms with Gasteiger partial charge in [0.1, 0.15) is 23.7 Å². The fourth-order valence-corrected chi connectivity index (χ4v) is 3.99. The molecule has 0 atom stereocenters. The average Bonchev–Trinajstić information content (AvgIpc) is 2.86. The lowest BCUT2D eigenvalue weighted by Gasteiger charge is -2.26. The molecule has 172 valence electrons. The molecule has 7 nitrogen and oxygen atoms in total. The number of rotatable bonds is 11. The van der Waals surface area contributed by atoms with Crippen LogP contribution in [0, 0.1) is 0 Å². The van der Waals surface area contributed by atoms with E-state index in [1.165, 1.54) is 37.9 Å². The molecule has 0 bridgehead atoms. The Kier molecular flexibility index (Phi) is 7.87. The van der Waals surface area contributed by atoms with Crippen LogP contribution >= 0.6 is 0 Å². The number of hydrogen-bond acceptors (Lipinski definition) is 7. The van der Waals surface area contributed by atoms with Gasteiger partial charge in [-0.25, -0.2) is 0 Å². The van der Waals surface area contributed by atoms with Gasteiger partial charge < -0.3 is 15.4 Å². The van der Waals surface area contributed by atoms with Gasteiger partial charge in [0.05, 0.1) is 0 Å². The highest BCUT2D eigenvalue weighted by atomic mass is 16.5. The van der Waals surface area contributed by atoms with Crippen molar-refractivity contribution < 1.29 is 4.74 Å². The van der Waals surface area contributed by atoms with Gasteiger partial charge in [0.25, 0.3) is 10.9 Å². The summed E-state index contributed by atoms with van der Waals surface area (Å²) in [5.41, 5.74) is 1.90. The zero-order chi connectivity index (χ0) is 22.9. The van der Waals surface area contributed by atoms with E-state index in [0.29, 0.717) is 31.1 Å². The third-order valence-electron chi connectivity index (χ3n) is 5.77. The maximum Gasteiger partial charge on any atom is 0.253 e. The lowest BCUT2D eigenvalue weighted by Crippen LogP contribution is -2.37. The lowest BCUT2D eigenvalue weighted by molar-refractivity contribution is 0.220. The molecular formula is C26H30N4O3. The smallest absolute Gasteiger partial charge is 0.253 e. The molecule has 1 aromatic heterocycles. The molecule has 2 heterocycles. The van der Waals surface area contributed by atoms with Crippen molar-refractivity contribution in [1.29, 1.82) is 0 Å². The minimum atomic E-state index is -0.488. The first-order valence-corrected chi connectivity index (χ1v) is 11.5. The predicted molar refractivity (Wildman–Crippen MR) is 132 cm³/mol. The minimum absolute atomic E-state index is 0.332. The molecule has 0 radical (unpaired) electrons. The van der Waals surface area contributed by atoms with E-state index in [9.17, 15) is 9.59 Å². The third-order valence-corrected chi connectivity index (χ3v) is 5.77. The third kappa shape index (κ3) is 6.29. The van der Waals surface area contributed by atoms with Gasteiger partial charge >= 0.3 is 0 Å². The Morgan fingerprint density at radius 2 is 1.73 bits per heavy atom. The van der Waals surface area contributed by atoms with Crippen molar-refractivity contribution in [3.63, 3.8) is 0 Å². The van der Waals surface area contributed by atoms with E-state index in [0.717, 1.165) is 17.9 Å². The van der Waals surface area contributed by atoms with Gasteiger partial charge in [-0.3, -0.25) is 19.5 Å². The number of piperidine rings is 1. The van der Waals surface area contributed by atoms with Crippen molar-refractivity contribution in [3.8, 4) is 5.75 Å². The summed E-state index contributed by atoms with van der Waals surface area (Å²) in [6, 6.07) is 12.0. The van der Waals surface area contributed by atoms with Crippen molar-refractivity contribution >= 4 is 11.4 Å². The Morgan fingerprint density at radius 3 is 2.52 bits per heavy atom. The number of ether oxygens (including phenoxy) is 1. The summed E-state index contributed by atoms with van der Waals surface area (Å²) in [5, 5.41) is 6.05. The fourth-order valence-electron chi connectivity index (χ4n) is 3.99. The van der Waals surface area contributed by atoms with Crippen LogP contribution in [0.3, 0.4) is 0 Å². The largest absolute Gasteiger partial charge is 0.490 e. The van der Waals surface area contributed by atoms with Crippen LogP contribution in [0.1, 0.15) is 30.4 Å². The van der Waals surface area contributed by atoms with Crippen LogP contribution in [0.4, 0.5) is 11.4 Å². The molecule has 7 heteroatoms. The Hall–Kier alpha value is -3.45. The summed E-state index contributed by atoms with van der Waals surface area (Å²) >= 11 is 0. The molecule has 0 saturated carbocycles. The number of nitrogens with one attached hydrogen (secondary N) is 2. The quantitative estimate of drug-likeness (QED) is 0.345. The number of aromatic nitrogens is 1. The van der Waals surface area contributed by atoms with E-state index in [4.69, 9.17) is 4.74 Å². The second kappa shape index (κ2) is 11.4. The molecule has 4 rings (SSSR count). The second-order valence-corrected chi connectivity index (χ2v) is 8.27. The van der Waals surface area contributed by atoms with Crippen molar-refractivity contribution in [1.82, 2.24) is 9.88 Å². The Morgan fingerprint density at radius 1 is 0.939 bits per heavy atom. The molecule has 1 aliphatic heterocycles. The fraction of sp³-hybridized carbons (Fsp3) is 0.346. The van der Waals surface area contributed by atoms with Gasteiger partial charge in [-0.2, -0.15) is 0 Å². The predicted octanol–water partition coefficient (Wildman–Crippen LogP) is 3.32. The summed E-state index contributed by atoms with van der Waals surface area (Å²) in [4.78, 5) is 30.3. The van der Waals surface area contributed by atoms with Gasteiger partial charge in [0.15, 0.2) is 0 Å². The highest BCUT2D eigenvalue weighted by Crippen LogP contribution is 2.18. The van der Waals surface area contributed by atoms with Crippen LogP contribution in [0.2, 0.25) is 0 Å². The number of benzene rings is 1. The molecule has 0 amide bonds. The van der Waals surface area contributed by atoms with Crippen LogP contribution in [0.5, 0.6) is 5.75 Å². The molecule has 3 aromatic rings. The summed E-state index contributed by atoms with van der Waals surface area (Å²) in [5.74, 6) is 0.853. The first-order valence-electron chi connectivity index (χ1n) is 11.5. The molecule has 1 saturated heterocycles. The molecule has 0 aliphatic carbocycles. The molecule has 1 fully saturated rings. The van der Waals surface area contributed by atoms with Gasteiger partial charge in [0, 0.05) is 32.0 Å². The maximum absolute atomic E-state index is 11.9. The topological polar surface area (TPSA) is 83.6 Å². The Balaban J connectivity index is 1.20. The summed E-state index contributed by atoms with van der Waals surface area (Å²) in [7, 11) is 0. The summed E-state index contributed by atoms with van der Waals surface area (Å²) < 4.78 is 5.85. The molecule has 0 unspecified atom stereocenters. The average molecular weight is 447 g/mol. The molecule has 1 aliphatic rings. The van der Waals surface area contributed by atoms with Crippen LogP contribution in [-0.4, -0.2) is 36.1 Å². The van der Waals surface area contributed by atoms with E-state index in [-0.39, 0.29) is 0 Å². The molecule has 2 aromatic carbocycles. The van der Waals surface area contributed by atoms with Crippen LogP contribution < -0.4 is 26.2 Å². The van der Waals surface area contributed by atoms with Crippen LogP contribution in [0.25, 0.3) is 0 Å². The van der Waals surface area contributed by atoms with Crippen LogP contribution in [-0.2, 0) is 13.1 Å². The van der Waals surface area contributed by atoms with Crippen molar-refractivity contribution in [3.05, 3.63) is 92.5 Å². The molecule has 33 heavy (non-hydrogen) atoms. The maximum atomic E-state index is 11.9. The molecule has 2 N–H and O–H groups in total. The number of hydrogen-bond donors (Lipinski definition) is 2. The van der Waals surface area contributed by atoms with Gasteiger partial charge in [-0.1, -0.05) is 30.7 Å².